The van der Waals surface area contributed by atoms with E-state index in [0.717, 1.165) is 0 Å². The van der Waals surface area contributed by atoms with Gasteiger partial charge in [-0.3, -0.25) is 4.79 Å². The molecule has 0 heterocycles. The van der Waals surface area contributed by atoms with Crippen molar-refractivity contribution in [3.05, 3.63) is 29.6 Å². The molecule has 0 aliphatic heterocycles. The van der Waals surface area contributed by atoms with Crippen molar-refractivity contribution < 1.29 is 31.5 Å². The number of halogens is 3. The Hall–Kier alpha value is -1.61. The fourth-order valence-corrected chi connectivity index (χ4v) is 2.49. The normalized spacial score (nSPS) is 11.5. The van der Waals surface area contributed by atoms with E-state index < -0.39 is 38.3 Å². The van der Waals surface area contributed by atoms with Crippen LogP contribution in [0, 0.1) is 17.5 Å². The summed E-state index contributed by atoms with van der Waals surface area (Å²) in [4.78, 5) is 8.91. The zero-order valence-electron chi connectivity index (χ0n) is 9.49. The van der Waals surface area contributed by atoms with Gasteiger partial charge in [0.25, 0.3) is 0 Å². The van der Waals surface area contributed by atoms with E-state index in [2.05, 4.69) is 0 Å². The molecule has 106 valence electrons. The number of carboxylic acid groups (broad SMARTS) is 1. The van der Waals surface area contributed by atoms with Gasteiger partial charge in [0.05, 0.1) is 0 Å². The molecule has 0 unspecified atom stereocenters. The number of hydrogen-bond donors (Lipinski definition) is 2. The predicted molar refractivity (Wildman–Crippen MR) is 58.4 cm³/mol. The molecule has 2 N–H and O–H groups in total. The van der Waals surface area contributed by atoms with Crippen molar-refractivity contribution in [1.29, 1.82) is 0 Å². The van der Waals surface area contributed by atoms with Gasteiger partial charge in [0.2, 0.25) is 10.0 Å². The summed E-state index contributed by atoms with van der Waals surface area (Å²) >= 11 is 0. The van der Waals surface area contributed by atoms with Crippen molar-refractivity contribution in [1.82, 2.24) is 4.72 Å². The molecule has 0 saturated carbocycles. The molecule has 0 bridgehead atoms. The van der Waals surface area contributed by atoms with E-state index in [0.29, 0.717) is 0 Å². The molecular weight excluding hydrogens is 287 g/mol. The van der Waals surface area contributed by atoms with Crippen LogP contribution in [-0.2, 0) is 14.8 Å². The van der Waals surface area contributed by atoms with Crippen molar-refractivity contribution in [2.24, 2.45) is 0 Å². The van der Waals surface area contributed by atoms with Gasteiger partial charge in [-0.15, -0.1) is 0 Å². The van der Waals surface area contributed by atoms with Crippen LogP contribution >= 0.6 is 0 Å². The number of carbonyl (C=O) groups is 1. The van der Waals surface area contributed by atoms with Gasteiger partial charge in [-0.2, -0.15) is 0 Å². The maximum Gasteiger partial charge on any atom is 0.303 e. The van der Waals surface area contributed by atoms with Crippen LogP contribution in [0.1, 0.15) is 12.8 Å². The Morgan fingerprint density at radius 1 is 1.21 bits per heavy atom. The van der Waals surface area contributed by atoms with Crippen LogP contribution in [0.3, 0.4) is 0 Å². The zero-order chi connectivity index (χ0) is 14.6. The Morgan fingerprint density at radius 3 is 2.21 bits per heavy atom. The molecule has 1 aromatic carbocycles. The Labute approximate surface area is 107 Å². The summed E-state index contributed by atoms with van der Waals surface area (Å²) in [7, 11) is -4.50. The Bertz CT molecular complexity index is 565. The number of sulfonamides is 1. The molecule has 1 rings (SSSR count). The number of aliphatic carboxylic acids is 1. The van der Waals surface area contributed by atoms with Gasteiger partial charge in [-0.05, 0) is 6.42 Å². The Morgan fingerprint density at radius 2 is 1.74 bits per heavy atom. The molecule has 1 aromatic rings. The van der Waals surface area contributed by atoms with E-state index in [1.54, 1.807) is 0 Å². The van der Waals surface area contributed by atoms with Crippen LogP contribution in [0.5, 0.6) is 0 Å². The van der Waals surface area contributed by atoms with Crippen LogP contribution in [0.4, 0.5) is 13.2 Å². The molecule has 0 fully saturated rings. The van der Waals surface area contributed by atoms with E-state index in [9.17, 15) is 26.4 Å². The number of hydrogen-bond acceptors (Lipinski definition) is 3. The summed E-state index contributed by atoms with van der Waals surface area (Å²) in [5.74, 6) is -5.47. The lowest BCUT2D eigenvalue weighted by Gasteiger charge is -2.08. The van der Waals surface area contributed by atoms with Gasteiger partial charge in [0.15, 0.2) is 4.90 Å². The number of nitrogens with one attached hydrogen (secondary N) is 1. The second-order valence-electron chi connectivity index (χ2n) is 3.59. The van der Waals surface area contributed by atoms with Crippen LogP contribution in [0.15, 0.2) is 17.0 Å². The third-order valence-corrected chi connectivity index (χ3v) is 3.60. The summed E-state index contributed by atoms with van der Waals surface area (Å²) in [5.41, 5.74) is 0. The van der Waals surface area contributed by atoms with Crippen molar-refractivity contribution in [3.63, 3.8) is 0 Å². The summed E-state index contributed by atoms with van der Waals surface area (Å²) < 4.78 is 64.1. The first-order chi connectivity index (χ1) is 8.74. The maximum absolute atomic E-state index is 13.3. The average Bonchev–Trinajstić information content (AvgIpc) is 2.22. The summed E-state index contributed by atoms with van der Waals surface area (Å²) in [6.45, 7) is -0.301. The van der Waals surface area contributed by atoms with Crippen LogP contribution < -0.4 is 4.72 Å². The molecule has 0 spiro atoms. The number of carboxylic acids is 1. The molecular formula is C10H10F3NO4S. The molecule has 0 amide bonds. The summed E-state index contributed by atoms with van der Waals surface area (Å²) in [6, 6.07) is 0.490. The lowest BCUT2D eigenvalue weighted by atomic mass is 10.3. The lowest BCUT2D eigenvalue weighted by molar-refractivity contribution is -0.137. The first-order valence-electron chi connectivity index (χ1n) is 5.10. The molecule has 19 heavy (non-hydrogen) atoms. The molecule has 0 aliphatic rings. The van der Waals surface area contributed by atoms with Crippen molar-refractivity contribution in [3.8, 4) is 0 Å². The predicted octanol–water partition coefficient (Wildman–Crippen LogP) is 1.25. The molecule has 5 nitrogen and oxygen atoms in total. The van der Waals surface area contributed by atoms with Gasteiger partial charge in [0, 0.05) is 25.1 Å². The minimum atomic E-state index is -4.50. The van der Waals surface area contributed by atoms with Gasteiger partial charge >= 0.3 is 5.97 Å². The van der Waals surface area contributed by atoms with E-state index >= 15 is 0 Å². The molecule has 0 aromatic heterocycles. The third kappa shape index (κ3) is 4.21. The fourth-order valence-electron chi connectivity index (χ4n) is 1.30. The minimum Gasteiger partial charge on any atom is -0.481 e. The number of rotatable bonds is 6. The highest BCUT2D eigenvalue weighted by Gasteiger charge is 2.24. The first-order valence-corrected chi connectivity index (χ1v) is 6.58. The van der Waals surface area contributed by atoms with Gasteiger partial charge in [-0.25, -0.2) is 26.3 Å². The molecule has 0 atom stereocenters. The van der Waals surface area contributed by atoms with Gasteiger partial charge < -0.3 is 5.11 Å². The second-order valence-corrected chi connectivity index (χ2v) is 5.30. The highest BCUT2D eigenvalue weighted by Crippen LogP contribution is 2.19. The molecule has 9 heteroatoms. The molecule has 0 saturated heterocycles. The fraction of sp³-hybridized carbons (Fsp3) is 0.300. The average molecular weight is 297 g/mol. The zero-order valence-corrected chi connectivity index (χ0v) is 10.3. The Balaban J connectivity index is 2.86. The smallest absolute Gasteiger partial charge is 0.303 e. The first kappa shape index (κ1) is 15.4. The van der Waals surface area contributed by atoms with Crippen molar-refractivity contribution in [2.45, 2.75) is 17.7 Å². The standard InChI is InChI=1S/C10H10F3NO4S/c11-6-4-7(12)10(8(13)5-6)19(17,18)14-3-1-2-9(15)16/h4-5,14H,1-3H2,(H,15,16). The van der Waals surface area contributed by atoms with E-state index in [1.807, 2.05) is 4.72 Å². The van der Waals surface area contributed by atoms with Crippen molar-refractivity contribution in [2.75, 3.05) is 6.54 Å². The quantitative estimate of drug-likeness (QED) is 0.774. The Kier molecular flexibility index (Phi) is 4.90. The van der Waals surface area contributed by atoms with Gasteiger partial charge in [-0.1, -0.05) is 0 Å². The lowest BCUT2D eigenvalue weighted by Crippen LogP contribution is -2.27. The van der Waals surface area contributed by atoms with Gasteiger partial charge in [0.1, 0.15) is 17.5 Å². The van der Waals surface area contributed by atoms with Crippen LogP contribution in [0.2, 0.25) is 0 Å². The van der Waals surface area contributed by atoms with Crippen LogP contribution in [0.25, 0.3) is 0 Å². The largest absolute Gasteiger partial charge is 0.481 e. The highest BCUT2D eigenvalue weighted by molar-refractivity contribution is 7.89. The SMILES string of the molecule is O=C(O)CCCNS(=O)(=O)c1c(F)cc(F)cc1F. The molecule has 0 aliphatic carbocycles. The topological polar surface area (TPSA) is 83.5 Å². The van der Waals surface area contributed by atoms with E-state index in [4.69, 9.17) is 5.11 Å². The van der Waals surface area contributed by atoms with Crippen LogP contribution in [-0.4, -0.2) is 26.0 Å². The van der Waals surface area contributed by atoms with E-state index in [-0.39, 0.29) is 31.5 Å². The monoisotopic (exact) mass is 297 g/mol. The van der Waals surface area contributed by atoms with Crippen molar-refractivity contribution >= 4 is 16.0 Å². The summed E-state index contributed by atoms with van der Waals surface area (Å²) in [6.07, 6.45) is -0.337. The summed E-state index contributed by atoms with van der Waals surface area (Å²) in [5, 5.41) is 8.34. The highest BCUT2D eigenvalue weighted by atomic mass is 32.2. The van der Waals surface area contributed by atoms with E-state index in [1.165, 1.54) is 0 Å². The number of benzene rings is 1. The third-order valence-electron chi connectivity index (χ3n) is 2.09. The second kappa shape index (κ2) is 6.02. The molecule has 0 radical (unpaired) electrons. The minimum absolute atomic E-state index is 0.0427. The maximum atomic E-state index is 13.3.